The number of carboxylic acids is 1. The van der Waals surface area contributed by atoms with Gasteiger partial charge in [0, 0.05) is 12.4 Å². The third-order valence-corrected chi connectivity index (χ3v) is 11.3. The minimum atomic E-state index is -4.60. The van der Waals surface area contributed by atoms with Gasteiger partial charge in [-0.25, -0.2) is 4.79 Å². The molecule has 1 aromatic heterocycles. The highest BCUT2D eigenvalue weighted by atomic mass is 32.2. The third-order valence-electron chi connectivity index (χ3n) is 9.25. The summed E-state index contributed by atoms with van der Waals surface area (Å²) >= 11 is 0. The molecule has 0 bridgehead atoms. The Morgan fingerprint density at radius 2 is 1.32 bits per heavy atom. The van der Waals surface area contributed by atoms with Crippen LogP contribution in [0.4, 0.5) is 0 Å². The highest BCUT2D eigenvalue weighted by Gasteiger charge is 2.19. The molecule has 0 radical (unpaired) electrons. The number of sulfonamides is 1. The summed E-state index contributed by atoms with van der Waals surface area (Å²) in [7, 11) is -7.29. The van der Waals surface area contributed by atoms with E-state index >= 15 is 0 Å². The maximum absolute atomic E-state index is 13.1. The van der Waals surface area contributed by atoms with E-state index in [0.29, 0.717) is 23.6 Å². The lowest BCUT2D eigenvalue weighted by Crippen LogP contribution is -2.23. The second kappa shape index (κ2) is 19.6. The molecule has 0 atom stereocenters. The number of carbonyl (C=O) groups is 1. The van der Waals surface area contributed by atoms with Crippen molar-refractivity contribution in [3.8, 4) is 22.8 Å². The number of aromatic nitrogens is 1. The highest BCUT2D eigenvalue weighted by Crippen LogP contribution is 2.26. The molecule has 288 valence electrons. The molecule has 4 rings (SSSR count). The molecule has 53 heavy (non-hydrogen) atoms. The number of ether oxygens (including phenoxy) is 1. The van der Waals surface area contributed by atoms with Gasteiger partial charge in [-0.15, -0.1) is 0 Å². The predicted octanol–water partition coefficient (Wildman–Crippen LogP) is 8.15. The van der Waals surface area contributed by atoms with Gasteiger partial charge in [-0.2, -0.15) is 26.8 Å². The fourth-order valence-electron chi connectivity index (χ4n) is 6.20. The average Bonchev–Trinajstić information content (AvgIpc) is 3.12. The van der Waals surface area contributed by atoms with Gasteiger partial charge < -0.3 is 19.5 Å². The van der Waals surface area contributed by atoms with Crippen molar-refractivity contribution >= 4 is 37.0 Å². The molecule has 14 heteroatoms. The molecule has 0 fully saturated rings. The number of rotatable bonds is 22. The molecule has 0 saturated heterocycles. The van der Waals surface area contributed by atoms with Crippen LogP contribution < -0.4 is 14.9 Å². The summed E-state index contributed by atoms with van der Waals surface area (Å²) in [5.41, 5.74) is 1.20. The number of pyridine rings is 1. The van der Waals surface area contributed by atoms with E-state index in [9.17, 15) is 36.4 Å². The topological polar surface area (TPSA) is 185 Å². The number of phenols is 1. The Morgan fingerprint density at radius 1 is 0.755 bits per heavy atom. The number of hydrogen-bond donors (Lipinski definition) is 4. The Kier molecular flexibility index (Phi) is 15.3. The van der Waals surface area contributed by atoms with Gasteiger partial charge in [-0.05, 0) is 78.7 Å². The maximum atomic E-state index is 13.1. The first kappa shape index (κ1) is 41.4. The van der Waals surface area contributed by atoms with Crippen molar-refractivity contribution in [1.29, 1.82) is 0 Å². The first-order valence-corrected chi connectivity index (χ1v) is 21.2. The average molecular weight is 770 g/mol. The molecule has 0 aliphatic rings. The van der Waals surface area contributed by atoms with Gasteiger partial charge >= 0.3 is 5.97 Å². The number of nitrogens with one attached hydrogen (secondary N) is 1. The van der Waals surface area contributed by atoms with Gasteiger partial charge in [-0.1, -0.05) is 90.4 Å². The van der Waals surface area contributed by atoms with E-state index in [2.05, 4.69) is 16.9 Å². The zero-order valence-electron chi connectivity index (χ0n) is 30.5. The second-order valence-electron chi connectivity index (χ2n) is 13.3. The van der Waals surface area contributed by atoms with E-state index in [4.69, 9.17) is 4.74 Å². The van der Waals surface area contributed by atoms with E-state index < -0.39 is 47.2 Å². The lowest BCUT2D eigenvalue weighted by atomic mass is 10.0. The van der Waals surface area contributed by atoms with Crippen LogP contribution in [0.15, 0.2) is 81.6 Å². The van der Waals surface area contributed by atoms with Crippen LogP contribution in [0.2, 0.25) is 0 Å². The lowest BCUT2D eigenvalue weighted by Gasteiger charge is -2.15. The fraction of sp³-hybridized carbons (Fsp3) is 0.436. The van der Waals surface area contributed by atoms with Crippen LogP contribution in [-0.2, 0) is 27.2 Å². The molecule has 0 spiro atoms. The zero-order chi connectivity index (χ0) is 38.4. The molecular formula is C39H51N3O9S2. The molecule has 12 nitrogen and oxygen atoms in total. The molecule has 0 aliphatic heterocycles. The smallest absolute Gasteiger partial charge is 0.339 e. The van der Waals surface area contributed by atoms with Gasteiger partial charge in [-0.3, -0.25) is 4.55 Å². The van der Waals surface area contributed by atoms with Crippen LogP contribution in [-0.4, -0.2) is 48.7 Å². The molecule has 4 aromatic rings. The van der Waals surface area contributed by atoms with Gasteiger partial charge in [0.25, 0.3) is 20.1 Å². The zero-order valence-corrected chi connectivity index (χ0v) is 32.1. The fourth-order valence-corrected chi connectivity index (χ4v) is 7.55. The van der Waals surface area contributed by atoms with Crippen molar-refractivity contribution in [2.75, 3.05) is 6.61 Å². The van der Waals surface area contributed by atoms with Crippen LogP contribution in [0, 0.1) is 0 Å². The molecule has 0 saturated carbocycles. The largest absolute Gasteiger partial charge is 0.507 e. The van der Waals surface area contributed by atoms with Gasteiger partial charge in [0.05, 0.1) is 33.0 Å². The van der Waals surface area contributed by atoms with Gasteiger partial charge in [0.15, 0.2) is 0 Å². The number of aryl methyl sites for hydroxylation is 1. The second-order valence-corrected chi connectivity index (χ2v) is 16.4. The summed E-state index contributed by atoms with van der Waals surface area (Å²) in [5.74, 6) is -1.42. The molecule has 4 N–H and O–H groups in total. The number of benzene rings is 3. The molecule has 3 aromatic carbocycles. The van der Waals surface area contributed by atoms with E-state index in [0.717, 1.165) is 36.6 Å². The molecule has 0 aliphatic carbocycles. The van der Waals surface area contributed by atoms with E-state index in [-0.39, 0.29) is 10.7 Å². The number of fused-ring (bicyclic) bond motifs is 1. The van der Waals surface area contributed by atoms with E-state index in [1.807, 2.05) is 24.3 Å². The van der Waals surface area contributed by atoms with E-state index in [1.165, 1.54) is 95.2 Å². The van der Waals surface area contributed by atoms with Crippen molar-refractivity contribution in [2.45, 2.75) is 107 Å². The Labute approximate surface area is 312 Å². The number of nitrogens with zero attached hydrogens (tertiary/aromatic N) is 2. The summed E-state index contributed by atoms with van der Waals surface area (Å²) in [5, 5.41) is 23.4. The SMILES string of the molecule is CCCCCCCCCCCCCCCCOc1ccc(-c2c/c(=N\NS(=O)(=O)c3ccc(O)c(C(=O)O)c3)c3cc(S(=O)(=O)O)ccc3n2C)cc1. The summed E-state index contributed by atoms with van der Waals surface area (Å²) in [6.45, 7) is 2.86. The standard InChI is InChI=1S/C39H51N3O9S2/c1-3-4-5-6-7-8-9-10-11-12-13-14-15-16-25-51-30-19-17-29(18-20-30)37-28-35(33-27-32(53(48,49)50)21-23-36(33)42(37)2)40-41-52(46,47)31-22-24-38(43)34(26-31)39(44)45/h17-24,26-28,41,43H,3-16,25H2,1-2H3,(H,44,45)(H,48,49,50)/b40-35+. The molecule has 1 heterocycles. The summed E-state index contributed by atoms with van der Waals surface area (Å²) < 4.78 is 67.6. The Bertz CT molecular complexity index is 2130. The van der Waals surface area contributed by atoms with Crippen molar-refractivity contribution in [1.82, 2.24) is 9.40 Å². The van der Waals surface area contributed by atoms with Crippen LogP contribution in [0.25, 0.3) is 22.2 Å². The first-order chi connectivity index (χ1) is 25.3. The van der Waals surface area contributed by atoms with Crippen molar-refractivity contribution in [2.24, 2.45) is 12.1 Å². The number of hydrogen-bond acceptors (Lipinski definition) is 8. The molecule has 0 amide bonds. The normalized spacial score (nSPS) is 12.3. The third kappa shape index (κ3) is 12.1. The number of unbranched alkanes of at least 4 members (excludes halogenated alkanes) is 13. The maximum Gasteiger partial charge on any atom is 0.339 e. The van der Waals surface area contributed by atoms with Crippen LogP contribution >= 0.6 is 0 Å². The monoisotopic (exact) mass is 769 g/mol. The van der Waals surface area contributed by atoms with Crippen molar-refractivity contribution < 1.29 is 41.1 Å². The van der Waals surface area contributed by atoms with Crippen LogP contribution in [0.5, 0.6) is 11.5 Å². The van der Waals surface area contributed by atoms with Crippen LogP contribution in [0.1, 0.15) is 107 Å². The first-order valence-electron chi connectivity index (χ1n) is 18.3. The quantitative estimate of drug-likeness (QED) is 0.0348. The lowest BCUT2D eigenvalue weighted by molar-refractivity contribution is 0.0693. The van der Waals surface area contributed by atoms with Gasteiger partial charge in [0.2, 0.25) is 0 Å². The van der Waals surface area contributed by atoms with Crippen molar-refractivity contribution in [3.63, 3.8) is 0 Å². The van der Waals surface area contributed by atoms with Crippen LogP contribution in [0.3, 0.4) is 0 Å². The van der Waals surface area contributed by atoms with Gasteiger partial charge in [0.1, 0.15) is 17.1 Å². The Balaban J connectivity index is 1.41. The summed E-state index contributed by atoms with van der Waals surface area (Å²) in [6, 6.07) is 15.6. The minimum Gasteiger partial charge on any atom is -0.507 e. The van der Waals surface area contributed by atoms with Crippen molar-refractivity contribution in [3.05, 3.63) is 77.7 Å². The number of carboxylic acid groups (broad SMARTS) is 1. The van der Waals surface area contributed by atoms with E-state index in [1.54, 1.807) is 17.7 Å². The number of aromatic hydroxyl groups is 1. The minimum absolute atomic E-state index is 0.0255. The predicted molar refractivity (Wildman–Crippen MR) is 205 cm³/mol. The molecular weight excluding hydrogens is 719 g/mol. The highest BCUT2D eigenvalue weighted by molar-refractivity contribution is 7.89. The summed E-state index contributed by atoms with van der Waals surface area (Å²) in [4.78, 5) is 12.6. The molecule has 0 unspecified atom stereocenters. The Morgan fingerprint density at radius 3 is 1.89 bits per heavy atom. The summed E-state index contributed by atoms with van der Waals surface area (Å²) in [6.07, 6.45) is 18.0. The number of aromatic carboxylic acids is 1. The Hall–Kier alpha value is -4.40.